The number of hydrazine groups is 1. The molecule has 3 atom stereocenters. The maximum absolute atomic E-state index is 13.6. The molecule has 2 rings (SSSR count). The standard InChI is InChI=1S/C31H57N5O7/c1-21(2)26(33-29(39)42-5)27(37)35-36(19-24-15-11-8-12-16-24)20-25(18-17-23-13-9-7-10-14-23)32-28(38)31(41,22(3)4)34-30(40)43-6/h21-26,41H,7-20H2,1-6H3,(H,32,38)(H,33,39)(H,34,40)(H,35,37)/t25-,26-,31+/m0/s1. The lowest BCUT2D eigenvalue weighted by molar-refractivity contribution is -0.149. The van der Waals surface area contributed by atoms with Gasteiger partial charge in [-0.2, -0.15) is 0 Å². The molecule has 0 aliphatic heterocycles. The number of ether oxygens (including phenoxy) is 2. The Hall–Kier alpha value is -2.60. The van der Waals surface area contributed by atoms with Crippen molar-refractivity contribution in [1.29, 1.82) is 0 Å². The van der Waals surface area contributed by atoms with E-state index in [1.165, 1.54) is 39.9 Å². The van der Waals surface area contributed by atoms with Crippen LogP contribution in [0.25, 0.3) is 0 Å². The summed E-state index contributed by atoms with van der Waals surface area (Å²) >= 11 is 0. The summed E-state index contributed by atoms with van der Waals surface area (Å²) in [6, 6.07) is -1.24. The fourth-order valence-electron chi connectivity index (χ4n) is 6.15. The Kier molecular flexibility index (Phi) is 15.5. The van der Waals surface area contributed by atoms with Crippen molar-refractivity contribution in [3.05, 3.63) is 0 Å². The molecular formula is C31H57N5O7. The molecule has 2 fully saturated rings. The first kappa shape index (κ1) is 36.6. The van der Waals surface area contributed by atoms with Crippen LogP contribution < -0.4 is 21.4 Å². The van der Waals surface area contributed by atoms with Crippen molar-refractivity contribution in [3.63, 3.8) is 0 Å². The van der Waals surface area contributed by atoms with Crippen molar-refractivity contribution >= 4 is 24.0 Å². The smallest absolute Gasteiger partial charge is 0.409 e. The van der Waals surface area contributed by atoms with E-state index in [1.807, 2.05) is 18.9 Å². The average molecular weight is 612 g/mol. The Labute approximate surface area is 257 Å². The lowest BCUT2D eigenvalue weighted by atomic mass is 9.85. The summed E-state index contributed by atoms with van der Waals surface area (Å²) in [6.07, 6.45) is 11.5. The third-order valence-electron chi connectivity index (χ3n) is 8.96. The van der Waals surface area contributed by atoms with Crippen LogP contribution in [0.5, 0.6) is 0 Å². The normalized spacial score (nSPS) is 19.3. The highest BCUT2D eigenvalue weighted by Gasteiger charge is 2.42. The molecule has 43 heavy (non-hydrogen) atoms. The Morgan fingerprint density at radius 2 is 1.40 bits per heavy atom. The second-order valence-corrected chi connectivity index (χ2v) is 13.0. The molecule has 0 aromatic carbocycles. The second-order valence-electron chi connectivity index (χ2n) is 13.0. The van der Waals surface area contributed by atoms with Gasteiger partial charge in [0.1, 0.15) is 6.04 Å². The predicted molar refractivity (Wildman–Crippen MR) is 164 cm³/mol. The van der Waals surface area contributed by atoms with E-state index in [9.17, 15) is 24.3 Å². The Bertz CT molecular complexity index is 890. The van der Waals surface area contributed by atoms with Gasteiger partial charge in [0.15, 0.2) is 0 Å². The van der Waals surface area contributed by atoms with Gasteiger partial charge >= 0.3 is 12.2 Å². The van der Waals surface area contributed by atoms with E-state index in [-0.39, 0.29) is 11.8 Å². The molecule has 0 unspecified atom stereocenters. The van der Waals surface area contributed by atoms with E-state index in [0.29, 0.717) is 31.3 Å². The van der Waals surface area contributed by atoms with Crippen LogP contribution in [0.15, 0.2) is 0 Å². The molecular weight excluding hydrogens is 554 g/mol. The van der Waals surface area contributed by atoms with Crippen LogP contribution in [0.3, 0.4) is 0 Å². The zero-order chi connectivity index (χ0) is 32.0. The van der Waals surface area contributed by atoms with Crippen molar-refractivity contribution in [2.75, 3.05) is 27.3 Å². The molecule has 5 N–H and O–H groups in total. The van der Waals surface area contributed by atoms with Crippen LogP contribution in [0.1, 0.15) is 105 Å². The maximum Gasteiger partial charge on any atom is 0.409 e. The van der Waals surface area contributed by atoms with E-state index in [2.05, 4.69) is 26.1 Å². The summed E-state index contributed by atoms with van der Waals surface area (Å²) in [4.78, 5) is 51.1. The highest BCUT2D eigenvalue weighted by molar-refractivity contribution is 5.88. The zero-order valence-corrected chi connectivity index (χ0v) is 27.2. The Morgan fingerprint density at radius 1 is 0.837 bits per heavy atom. The topological polar surface area (TPSA) is 158 Å². The molecule has 0 heterocycles. The van der Waals surface area contributed by atoms with Gasteiger partial charge in [0.2, 0.25) is 5.72 Å². The zero-order valence-electron chi connectivity index (χ0n) is 27.2. The molecule has 12 heteroatoms. The first-order chi connectivity index (χ1) is 20.4. The lowest BCUT2D eigenvalue weighted by Gasteiger charge is -2.36. The number of methoxy groups -OCH3 is 2. The van der Waals surface area contributed by atoms with E-state index < -0.39 is 41.8 Å². The highest BCUT2D eigenvalue weighted by Crippen LogP contribution is 2.29. The van der Waals surface area contributed by atoms with Gasteiger partial charge in [-0.15, -0.1) is 0 Å². The van der Waals surface area contributed by atoms with E-state index in [1.54, 1.807) is 13.8 Å². The molecule has 2 aliphatic rings. The SMILES string of the molecule is COC(=O)N[C@H](C(=O)NN(CC1CCCCC1)C[C@H](CCC1CCCCC1)NC(=O)[C@@](O)(NC(=O)OC)C(C)C)C(C)C. The van der Waals surface area contributed by atoms with Crippen molar-refractivity contribution in [1.82, 2.24) is 26.4 Å². The average Bonchev–Trinajstić information content (AvgIpc) is 2.98. The van der Waals surface area contributed by atoms with Gasteiger partial charge in [-0.3, -0.25) is 20.3 Å². The van der Waals surface area contributed by atoms with Crippen LogP contribution >= 0.6 is 0 Å². The Balaban J connectivity index is 2.30. The molecule has 0 aromatic rings. The summed E-state index contributed by atoms with van der Waals surface area (Å²) in [5, 5.41) is 21.0. The van der Waals surface area contributed by atoms with Crippen LogP contribution in [0, 0.1) is 23.7 Å². The number of nitrogens with one attached hydrogen (secondary N) is 4. The minimum Gasteiger partial charge on any atom is -0.453 e. The lowest BCUT2D eigenvalue weighted by Crippen LogP contribution is -2.64. The van der Waals surface area contributed by atoms with Crippen molar-refractivity contribution in [2.45, 2.75) is 123 Å². The fourth-order valence-corrected chi connectivity index (χ4v) is 6.15. The summed E-state index contributed by atoms with van der Waals surface area (Å²) in [6.45, 7) is 7.88. The minimum atomic E-state index is -2.18. The van der Waals surface area contributed by atoms with Gasteiger partial charge in [-0.1, -0.05) is 79.1 Å². The number of nitrogens with zero attached hydrogens (tertiary/aromatic N) is 1. The van der Waals surface area contributed by atoms with Gasteiger partial charge in [0.25, 0.3) is 11.8 Å². The summed E-state index contributed by atoms with van der Waals surface area (Å²) in [5.41, 5.74) is 0.861. The minimum absolute atomic E-state index is 0.192. The van der Waals surface area contributed by atoms with E-state index >= 15 is 0 Å². The number of carbonyl (C=O) groups excluding carboxylic acids is 4. The number of hydrogen-bond acceptors (Lipinski definition) is 8. The van der Waals surface area contributed by atoms with Gasteiger partial charge < -0.3 is 25.2 Å². The Morgan fingerprint density at radius 3 is 1.91 bits per heavy atom. The molecule has 4 amide bonds. The molecule has 12 nitrogen and oxygen atoms in total. The van der Waals surface area contributed by atoms with Gasteiger partial charge in [-0.25, -0.2) is 14.6 Å². The third kappa shape index (κ3) is 12.1. The third-order valence-corrected chi connectivity index (χ3v) is 8.96. The molecule has 0 spiro atoms. The quantitative estimate of drug-likeness (QED) is 0.138. The number of carbonyl (C=O) groups is 4. The van der Waals surface area contributed by atoms with Gasteiger partial charge in [0, 0.05) is 25.0 Å². The number of rotatable bonds is 15. The van der Waals surface area contributed by atoms with Crippen molar-refractivity contribution in [3.8, 4) is 0 Å². The first-order valence-electron chi connectivity index (χ1n) is 16.2. The molecule has 248 valence electrons. The molecule has 0 aromatic heterocycles. The maximum atomic E-state index is 13.6. The monoisotopic (exact) mass is 611 g/mol. The summed E-state index contributed by atoms with van der Waals surface area (Å²) < 4.78 is 9.40. The molecule has 2 saturated carbocycles. The molecule has 0 bridgehead atoms. The van der Waals surface area contributed by atoms with Crippen molar-refractivity contribution in [2.24, 2.45) is 23.7 Å². The van der Waals surface area contributed by atoms with E-state index in [4.69, 9.17) is 4.74 Å². The van der Waals surface area contributed by atoms with Gasteiger partial charge in [0.05, 0.1) is 14.2 Å². The number of alkyl carbamates (subject to hydrolysis) is 2. The van der Waals surface area contributed by atoms with Gasteiger partial charge in [-0.05, 0) is 43.4 Å². The molecule has 2 aliphatic carbocycles. The highest BCUT2D eigenvalue weighted by atomic mass is 16.5. The summed E-state index contributed by atoms with van der Waals surface area (Å²) in [5.74, 6) is -0.982. The largest absolute Gasteiger partial charge is 0.453 e. The second kappa shape index (κ2) is 18.3. The fraction of sp³-hybridized carbons (Fsp3) is 0.871. The summed E-state index contributed by atoms with van der Waals surface area (Å²) in [7, 11) is 2.43. The van der Waals surface area contributed by atoms with Crippen molar-refractivity contribution < 1.29 is 33.8 Å². The van der Waals surface area contributed by atoms with Crippen LogP contribution in [-0.2, 0) is 19.1 Å². The molecule has 0 saturated heterocycles. The number of hydrogen-bond donors (Lipinski definition) is 5. The van der Waals surface area contributed by atoms with Crippen LogP contribution in [-0.4, -0.2) is 79.2 Å². The number of aliphatic hydroxyl groups is 1. The predicted octanol–water partition coefficient (Wildman–Crippen LogP) is 3.83. The van der Waals surface area contributed by atoms with Crippen LogP contribution in [0.4, 0.5) is 9.59 Å². The van der Waals surface area contributed by atoms with Crippen LogP contribution in [0.2, 0.25) is 0 Å². The van der Waals surface area contributed by atoms with E-state index in [0.717, 1.165) is 44.9 Å². The number of amides is 4. The molecule has 0 radical (unpaired) electrons. The first-order valence-corrected chi connectivity index (χ1v) is 16.2.